The smallest absolute Gasteiger partial charge is 0.311 e. The Hall–Kier alpha value is -2.82. The van der Waals surface area contributed by atoms with Crippen molar-refractivity contribution in [3.63, 3.8) is 0 Å². The minimum absolute atomic E-state index is 0.0600. The van der Waals surface area contributed by atoms with Gasteiger partial charge in [0.1, 0.15) is 0 Å². The molecule has 0 aromatic heterocycles. The lowest BCUT2D eigenvalue weighted by atomic mass is 9.93. The van der Waals surface area contributed by atoms with Crippen molar-refractivity contribution in [1.29, 1.82) is 0 Å². The summed E-state index contributed by atoms with van der Waals surface area (Å²) in [6.45, 7) is 2.85. The van der Waals surface area contributed by atoms with Gasteiger partial charge in [0, 0.05) is 31.3 Å². The molecule has 2 aromatic carbocycles. The minimum atomic E-state index is -4.05. The molecule has 166 valence electrons. The van der Waals surface area contributed by atoms with Gasteiger partial charge in [-0.3, -0.25) is 14.9 Å². The van der Waals surface area contributed by atoms with Crippen LogP contribution in [0.25, 0.3) is 0 Å². The monoisotopic (exact) mass is 447 g/mol. The predicted molar refractivity (Wildman–Crippen MR) is 114 cm³/mol. The second-order valence-corrected chi connectivity index (χ2v) is 9.10. The van der Waals surface area contributed by atoms with Crippen LogP contribution in [-0.4, -0.2) is 49.4 Å². The number of nitrogens with zero attached hydrogens (tertiary/aromatic N) is 2. The third kappa shape index (κ3) is 5.27. The zero-order valence-electron chi connectivity index (χ0n) is 17.1. The van der Waals surface area contributed by atoms with Gasteiger partial charge in [-0.25, -0.2) is 8.42 Å². The Balaban J connectivity index is 2.02. The van der Waals surface area contributed by atoms with E-state index in [1.54, 1.807) is 6.92 Å². The first-order valence-corrected chi connectivity index (χ1v) is 11.5. The van der Waals surface area contributed by atoms with Gasteiger partial charge in [-0.1, -0.05) is 30.3 Å². The molecule has 1 saturated heterocycles. The summed E-state index contributed by atoms with van der Waals surface area (Å²) in [5.41, 5.74) is 0.578. The number of nitrogens with one attached hydrogen (secondary N) is 1. The molecule has 3 rings (SSSR count). The summed E-state index contributed by atoms with van der Waals surface area (Å²) < 4.78 is 33.8. The second kappa shape index (κ2) is 9.99. The van der Waals surface area contributed by atoms with E-state index in [-0.39, 0.29) is 23.7 Å². The van der Waals surface area contributed by atoms with Crippen LogP contribution < -0.4 is 5.32 Å². The van der Waals surface area contributed by atoms with Gasteiger partial charge in [-0.05, 0) is 37.6 Å². The molecule has 0 saturated carbocycles. The first kappa shape index (κ1) is 22.9. The SMILES string of the molecule is CCOC(=O)[C@@H]1CNCC[C@@H]1N(Cc1ccccc1)S(=O)(=O)c1ccc([N+](=O)[O-])cc1. The number of hydrogen-bond acceptors (Lipinski definition) is 7. The molecule has 0 unspecified atom stereocenters. The van der Waals surface area contributed by atoms with Gasteiger partial charge in [-0.2, -0.15) is 4.31 Å². The lowest BCUT2D eigenvalue weighted by Crippen LogP contribution is -2.54. The highest BCUT2D eigenvalue weighted by Gasteiger charge is 2.41. The number of nitro groups is 1. The average Bonchev–Trinajstić information content (AvgIpc) is 2.78. The first-order valence-electron chi connectivity index (χ1n) is 10.0. The molecule has 31 heavy (non-hydrogen) atoms. The first-order chi connectivity index (χ1) is 14.8. The third-order valence-corrected chi connectivity index (χ3v) is 7.13. The number of sulfonamides is 1. The van der Waals surface area contributed by atoms with Crippen LogP contribution >= 0.6 is 0 Å². The third-order valence-electron chi connectivity index (χ3n) is 5.24. The summed E-state index contributed by atoms with van der Waals surface area (Å²) in [6.07, 6.45) is 0.433. The quantitative estimate of drug-likeness (QED) is 0.375. The molecular formula is C21H25N3O6S. The van der Waals surface area contributed by atoms with E-state index in [1.807, 2.05) is 30.3 Å². The van der Waals surface area contributed by atoms with Crippen LogP contribution in [0.1, 0.15) is 18.9 Å². The molecule has 10 heteroatoms. The molecule has 1 aliphatic rings. The van der Waals surface area contributed by atoms with E-state index in [0.717, 1.165) is 5.56 Å². The van der Waals surface area contributed by atoms with Crippen LogP contribution in [0, 0.1) is 16.0 Å². The van der Waals surface area contributed by atoms with Crippen molar-refractivity contribution in [2.75, 3.05) is 19.7 Å². The number of carbonyl (C=O) groups is 1. The molecule has 0 aliphatic carbocycles. The van der Waals surface area contributed by atoms with Crippen molar-refractivity contribution < 1.29 is 22.9 Å². The van der Waals surface area contributed by atoms with Crippen LogP contribution in [0.4, 0.5) is 5.69 Å². The molecule has 0 bridgehead atoms. The Morgan fingerprint density at radius 2 is 1.87 bits per heavy atom. The van der Waals surface area contributed by atoms with Gasteiger partial charge in [0.25, 0.3) is 5.69 Å². The molecule has 1 aliphatic heterocycles. The molecule has 0 radical (unpaired) electrons. The predicted octanol–water partition coefficient (Wildman–Crippen LogP) is 2.33. The van der Waals surface area contributed by atoms with Crippen LogP contribution in [0.3, 0.4) is 0 Å². The molecule has 0 spiro atoms. The molecule has 1 N–H and O–H groups in total. The van der Waals surface area contributed by atoms with E-state index >= 15 is 0 Å². The van der Waals surface area contributed by atoms with Crippen molar-refractivity contribution in [1.82, 2.24) is 9.62 Å². The maximum absolute atomic E-state index is 13.6. The van der Waals surface area contributed by atoms with Crippen molar-refractivity contribution >= 4 is 21.7 Å². The van der Waals surface area contributed by atoms with Crippen LogP contribution in [0.2, 0.25) is 0 Å². The average molecular weight is 448 g/mol. The van der Waals surface area contributed by atoms with Gasteiger partial charge in [0.2, 0.25) is 10.0 Å². The fourth-order valence-electron chi connectivity index (χ4n) is 3.70. The van der Waals surface area contributed by atoms with E-state index in [4.69, 9.17) is 4.74 Å². The molecule has 0 amide bonds. The fourth-order valence-corrected chi connectivity index (χ4v) is 5.38. The van der Waals surface area contributed by atoms with Crippen molar-refractivity contribution in [2.24, 2.45) is 5.92 Å². The van der Waals surface area contributed by atoms with E-state index in [0.29, 0.717) is 19.5 Å². The number of piperidine rings is 1. The van der Waals surface area contributed by atoms with E-state index in [2.05, 4.69) is 5.32 Å². The summed E-state index contributed by atoms with van der Waals surface area (Å²) in [4.78, 5) is 22.9. The summed E-state index contributed by atoms with van der Waals surface area (Å²) in [7, 11) is -4.05. The Morgan fingerprint density at radius 3 is 2.48 bits per heavy atom. The summed E-state index contributed by atoms with van der Waals surface area (Å²) >= 11 is 0. The Kier molecular flexibility index (Phi) is 7.37. The van der Waals surface area contributed by atoms with Crippen LogP contribution in [0.5, 0.6) is 0 Å². The lowest BCUT2D eigenvalue weighted by Gasteiger charge is -2.38. The van der Waals surface area contributed by atoms with E-state index < -0.39 is 32.9 Å². The number of benzene rings is 2. The molecular weight excluding hydrogens is 422 g/mol. The van der Waals surface area contributed by atoms with Crippen molar-refractivity contribution in [3.8, 4) is 0 Å². The molecule has 9 nitrogen and oxygen atoms in total. The van der Waals surface area contributed by atoms with Gasteiger partial charge in [0.15, 0.2) is 0 Å². The van der Waals surface area contributed by atoms with Crippen molar-refractivity contribution in [3.05, 3.63) is 70.3 Å². The van der Waals surface area contributed by atoms with Gasteiger partial charge in [0.05, 0.1) is 22.3 Å². The largest absolute Gasteiger partial charge is 0.466 e. The number of ether oxygens (including phenoxy) is 1. The summed E-state index contributed by atoms with van der Waals surface area (Å²) in [5, 5.41) is 14.1. The normalized spacial score (nSPS) is 19.2. The van der Waals surface area contributed by atoms with Crippen molar-refractivity contribution in [2.45, 2.75) is 30.8 Å². The number of hydrogen-bond donors (Lipinski definition) is 1. The highest BCUT2D eigenvalue weighted by atomic mass is 32.2. The maximum atomic E-state index is 13.6. The summed E-state index contributed by atoms with van der Waals surface area (Å²) in [5.74, 6) is -1.11. The fraction of sp³-hybridized carbons (Fsp3) is 0.381. The van der Waals surface area contributed by atoms with E-state index in [1.165, 1.54) is 28.6 Å². The highest BCUT2D eigenvalue weighted by Crippen LogP contribution is 2.29. The minimum Gasteiger partial charge on any atom is -0.466 e. The summed E-state index contributed by atoms with van der Waals surface area (Å²) in [6, 6.07) is 13.3. The number of nitro benzene ring substituents is 1. The zero-order chi connectivity index (χ0) is 22.4. The molecule has 2 aromatic rings. The van der Waals surface area contributed by atoms with Gasteiger partial charge >= 0.3 is 5.97 Å². The second-order valence-electron chi connectivity index (χ2n) is 7.21. The van der Waals surface area contributed by atoms with E-state index in [9.17, 15) is 23.3 Å². The van der Waals surface area contributed by atoms with Gasteiger partial charge in [-0.15, -0.1) is 0 Å². The number of carbonyl (C=O) groups excluding carboxylic acids is 1. The lowest BCUT2D eigenvalue weighted by molar-refractivity contribution is -0.384. The van der Waals surface area contributed by atoms with Crippen LogP contribution in [-0.2, 0) is 26.1 Å². The maximum Gasteiger partial charge on any atom is 0.311 e. The Bertz CT molecular complexity index is 1010. The molecule has 1 fully saturated rings. The van der Waals surface area contributed by atoms with Crippen LogP contribution in [0.15, 0.2) is 59.5 Å². The Morgan fingerprint density at radius 1 is 1.19 bits per heavy atom. The van der Waals surface area contributed by atoms with Gasteiger partial charge < -0.3 is 10.1 Å². The molecule has 1 heterocycles. The standard InChI is InChI=1S/C21H25N3O6S/c1-2-30-21(25)19-14-22-13-12-20(19)23(15-16-6-4-3-5-7-16)31(28,29)18-10-8-17(9-11-18)24(26)27/h3-11,19-20,22H,2,12-15H2,1H3/t19-,20+/m1/s1. The zero-order valence-corrected chi connectivity index (χ0v) is 18.0. The highest BCUT2D eigenvalue weighted by molar-refractivity contribution is 7.89. The number of rotatable bonds is 8. The topological polar surface area (TPSA) is 119 Å². The Labute approximate surface area is 181 Å². The number of esters is 1. The molecule has 2 atom stereocenters. The number of non-ortho nitro benzene ring substituents is 1.